The molecule has 1 amide bonds. The van der Waals surface area contributed by atoms with Crippen LogP contribution in [0, 0.1) is 5.82 Å². The van der Waals surface area contributed by atoms with Crippen molar-refractivity contribution in [3.05, 3.63) is 94.8 Å². The average molecular weight is 434 g/mol. The van der Waals surface area contributed by atoms with Crippen LogP contribution in [-0.2, 0) is 4.79 Å². The molecule has 5 rings (SSSR count). The molecule has 0 aliphatic carbocycles. The van der Waals surface area contributed by atoms with Gasteiger partial charge in [-0.2, -0.15) is 5.10 Å². The molecule has 2 aliphatic rings. The maximum absolute atomic E-state index is 13.5. The summed E-state index contributed by atoms with van der Waals surface area (Å²) in [6.45, 7) is 0. The standard InChI is InChI=1S/C23H16FN3OS2/c24-18-9-7-15(8-10-18)20-12-19(17-6-5-14-3-1-2-4-16(14)11-17)26-27(20)13-21-22(28)25-23(29)30-21/h1-11,13,20H,12H2,(H,25,28,29)/b21-13-. The highest BCUT2D eigenvalue weighted by Crippen LogP contribution is 2.36. The number of thiocarbonyl (C=S) groups is 1. The van der Waals surface area contributed by atoms with Gasteiger partial charge in [-0.3, -0.25) is 9.80 Å². The molecule has 1 N–H and O–H groups in total. The fourth-order valence-electron chi connectivity index (χ4n) is 3.68. The van der Waals surface area contributed by atoms with Crippen molar-refractivity contribution in [1.82, 2.24) is 10.3 Å². The van der Waals surface area contributed by atoms with E-state index in [9.17, 15) is 9.18 Å². The van der Waals surface area contributed by atoms with Crippen LogP contribution < -0.4 is 5.32 Å². The van der Waals surface area contributed by atoms with Crippen LogP contribution in [0.25, 0.3) is 10.8 Å². The SMILES string of the molecule is O=C1NC(=S)S/C1=C\N1N=C(c2ccc3ccccc3c2)CC1c1ccc(F)cc1. The Morgan fingerprint density at radius 3 is 2.60 bits per heavy atom. The maximum atomic E-state index is 13.5. The molecule has 0 radical (unpaired) electrons. The van der Waals surface area contributed by atoms with Gasteiger partial charge in [0.2, 0.25) is 0 Å². The fourth-order valence-corrected chi connectivity index (χ4v) is 4.69. The van der Waals surface area contributed by atoms with Crippen LogP contribution in [0.15, 0.2) is 82.9 Å². The molecule has 2 heterocycles. The second-order valence-corrected chi connectivity index (χ2v) is 8.82. The van der Waals surface area contributed by atoms with Crippen molar-refractivity contribution in [3.63, 3.8) is 0 Å². The lowest BCUT2D eigenvalue weighted by Gasteiger charge is -2.20. The second kappa shape index (κ2) is 7.66. The minimum Gasteiger partial charge on any atom is -0.307 e. The van der Waals surface area contributed by atoms with E-state index in [4.69, 9.17) is 17.3 Å². The number of halogens is 1. The van der Waals surface area contributed by atoms with Crippen LogP contribution in [0.5, 0.6) is 0 Å². The number of nitrogens with zero attached hydrogens (tertiary/aromatic N) is 2. The molecular weight excluding hydrogens is 417 g/mol. The molecular formula is C23H16FN3OS2. The molecule has 148 valence electrons. The van der Waals surface area contributed by atoms with Gasteiger partial charge in [0.05, 0.1) is 16.7 Å². The molecule has 2 aliphatic heterocycles. The van der Waals surface area contributed by atoms with Gasteiger partial charge in [0.15, 0.2) is 0 Å². The smallest absolute Gasteiger partial charge is 0.265 e. The Balaban J connectivity index is 1.54. The van der Waals surface area contributed by atoms with E-state index in [-0.39, 0.29) is 17.8 Å². The van der Waals surface area contributed by atoms with Gasteiger partial charge in [-0.05, 0) is 40.1 Å². The molecule has 1 unspecified atom stereocenters. The highest BCUT2D eigenvalue weighted by molar-refractivity contribution is 8.26. The number of carbonyl (C=O) groups excluding carboxylic acids is 1. The number of carbonyl (C=O) groups is 1. The summed E-state index contributed by atoms with van der Waals surface area (Å²) in [5, 5.41) is 11.5. The van der Waals surface area contributed by atoms with Crippen LogP contribution >= 0.6 is 24.0 Å². The summed E-state index contributed by atoms with van der Waals surface area (Å²) < 4.78 is 13.9. The molecule has 1 saturated heterocycles. The van der Waals surface area contributed by atoms with Crippen LogP contribution in [0.4, 0.5) is 4.39 Å². The predicted octanol–water partition coefficient (Wildman–Crippen LogP) is 5.12. The van der Waals surface area contributed by atoms with Gasteiger partial charge in [0.1, 0.15) is 10.1 Å². The van der Waals surface area contributed by atoms with E-state index in [1.807, 2.05) is 12.1 Å². The van der Waals surface area contributed by atoms with Crippen molar-refractivity contribution < 1.29 is 9.18 Å². The summed E-state index contributed by atoms with van der Waals surface area (Å²) in [6, 6.07) is 20.7. The fraction of sp³-hybridized carbons (Fsp3) is 0.0870. The molecule has 0 aromatic heterocycles. The minimum atomic E-state index is -0.284. The zero-order valence-corrected chi connectivity index (χ0v) is 17.3. The first-order valence-corrected chi connectivity index (χ1v) is 10.6. The Kier molecular flexibility index (Phi) is 4.84. The largest absolute Gasteiger partial charge is 0.307 e. The minimum absolute atomic E-state index is 0.137. The first kappa shape index (κ1) is 19.0. The number of hydrogen-bond donors (Lipinski definition) is 1. The van der Waals surface area contributed by atoms with Crippen LogP contribution in [0.3, 0.4) is 0 Å². The third kappa shape index (κ3) is 3.62. The Morgan fingerprint density at radius 1 is 1.10 bits per heavy atom. The molecule has 1 atom stereocenters. The number of rotatable bonds is 3. The molecule has 1 fully saturated rings. The second-order valence-electron chi connectivity index (χ2n) is 7.10. The molecule has 3 aromatic rings. The van der Waals surface area contributed by atoms with Crippen LogP contribution in [0.1, 0.15) is 23.6 Å². The van der Waals surface area contributed by atoms with Gasteiger partial charge in [0, 0.05) is 12.6 Å². The van der Waals surface area contributed by atoms with E-state index in [1.165, 1.54) is 29.3 Å². The normalized spacial score (nSPS) is 20.2. The molecule has 4 nitrogen and oxygen atoms in total. The van der Waals surface area contributed by atoms with Crippen LogP contribution in [-0.4, -0.2) is 20.9 Å². The van der Waals surface area contributed by atoms with Crippen molar-refractivity contribution in [2.45, 2.75) is 12.5 Å². The van der Waals surface area contributed by atoms with E-state index < -0.39 is 0 Å². The first-order valence-electron chi connectivity index (χ1n) is 9.42. The summed E-state index contributed by atoms with van der Waals surface area (Å²) in [7, 11) is 0. The van der Waals surface area contributed by atoms with Crippen molar-refractivity contribution in [2.75, 3.05) is 0 Å². The van der Waals surface area contributed by atoms with E-state index in [0.717, 1.165) is 22.2 Å². The van der Waals surface area contributed by atoms with Gasteiger partial charge in [-0.15, -0.1) is 0 Å². The lowest BCUT2D eigenvalue weighted by atomic mass is 9.97. The molecule has 7 heteroatoms. The van der Waals surface area contributed by atoms with Crippen molar-refractivity contribution in [1.29, 1.82) is 0 Å². The highest BCUT2D eigenvalue weighted by Gasteiger charge is 2.31. The molecule has 3 aromatic carbocycles. The molecule has 30 heavy (non-hydrogen) atoms. The number of fused-ring (bicyclic) bond motifs is 1. The Labute approximate surface area is 182 Å². The van der Waals surface area contributed by atoms with E-state index >= 15 is 0 Å². The lowest BCUT2D eigenvalue weighted by molar-refractivity contribution is -0.115. The Bertz CT molecular complexity index is 1240. The quantitative estimate of drug-likeness (QED) is 0.460. The van der Waals surface area contributed by atoms with Crippen molar-refractivity contribution in [2.24, 2.45) is 5.10 Å². The Morgan fingerprint density at radius 2 is 1.87 bits per heavy atom. The van der Waals surface area contributed by atoms with Gasteiger partial charge >= 0.3 is 0 Å². The molecule has 0 bridgehead atoms. The number of nitrogens with one attached hydrogen (secondary N) is 1. The van der Waals surface area contributed by atoms with Crippen LogP contribution in [0.2, 0.25) is 0 Å². The molecule has 0 saturated carbocycles. The van der Waals surface area contributed by atoms with Gasteiger partial charge in [-0.25, -0.2) is 4.39 Å². The van der Waals surface area contributed by atoms with Gasteiger partial charge in [-0.1, -0.05) is 72.5 Å². The monoisotopic (exact) mass is 433 g/mol. The van der Waals surface area contributed by atoms with Gasteiger partial charge in [0.25, 0.3) is 5.91 Å². The topological polar surface area (TPSA) is 44.7 Å². The number of thioether (sulfide) groups is 1. The van der Waals surface area contributed by atoms with Crippen molar-refractivity contribution in [3.8, 4) is 0 Å². The Hall–Kier alpha value is -3.03. The third-order valence-corrected chi connectivity index (χ3v) is 6.32. The number of hydrazone groups is 1. The number of amides is 1. The van der Waals surface area contributed by atoms with E-state index in [1.54, 1.807) is 23.3 Å². The summed E-state index contributed by atoms with van der Waals surface area (Å²) in [5.41, 5.74) is 2.87. The number of hydrogen-bond acceptors (Lipinski definition) is 5. The van der Waals surface area contributed by atoms with Gasteiger partial charge < -0.3 is 5.32 Å². The van der Waals surface area contributed by atoms with E-state index in [2.05, 4.69) is 35.6 Å². The summed E-state index contributed by atoms with van der Waals surface area (Å²) in [4.78, 5) is 12.6. The van der Waals surface area contributed by atoms with Crippen molar-refractivity contribution >= 4 is 50.7 Å². The first-order chi connectivity index (χ1) is 14.6. The zero-order valence-electron chi connectivity index (χ0n) is 15.7. The predicted molar refractivity (Wildman–Crippen MR) is 122 cm³/mol. The summed E-state index contributed by atoms with van der Waals surface area (Å²) >= 11 is 6.31. The zero-order chi connectivity index (χ0) is 20.7. The third-order valence-electron chi connectivity index (χ3n) is 5.17. The lowest BCUT2D eigenvalue weighted by Crippen LogP contribution is -2.19. The highest BCUT2D eigenvalue weighted by atomic mass is 32.2. The molecule has 0 spiro atoms. The van der Waals surface area contributed by atoms with E-state index in [0.29, 0.717) is 15.6 Å². The summed E-state index contributed by atoms with van der Waals surface area (Å²) in [5.74, 6) is -0.509. The average Bonchev–Trinajstić information content (AvgIpc) is 3.31. The number of benzene rings is 3. The maximum Gasteiger partial charge on any atom is 0.265 e. The summed E-state index contributed by atoms with van der Waals surface area (Å²) in [6.07, 6.45) is 2.37.